The van der Waals surface area contributed by atoms with Gasteiger partial charge in [0.2, 0.25) is 0 Å². The number of rotatable bonds is 8. The number of amides is 2. The minimum Gasteiger partial charge on any atom is -0.480 e. The van der Waals surface area contributed by atoms with Crippen LogP contribution in [0.3, 0.4) is 0 Å². The summed E-state index contributed by atoms with van der Waals surface area (Å²) >= 11 is 0. The number of nitrogens with one attached hydrogen (secondary N) is 2. The van der Waals surface area contributed by atoms with Crippen molar-refractivity contribution >= 4 is 12.0 Å². The van der Waals surface area contributed by atoms with Crippen molar-refractivity contribution in [2.24, 2.45) is 0 Å². The van der Waals surface area contributed by atoms with Gasteiger partial charge in [-0.1, -0.05) is 6.08 Å². The number of carboxylic acids is 1. The van der Waals surface area contributed by atoms with Gasteiger partial charge < -0.3 is 20.5 Å². The molecule has 0 aliphatic carbocycles. The molecule has 0 aliphatic heterocycles. The van der Waals surface area contributed by atoms with Crippen LogP contribution in [0.1, 0.15) is 20.3 Å². The molecule has 0 saturated heterocycles. The maximum atomic E-state index is 11.3. The van der Waals surface area contributed by atoms with Crippen molar-refractivity contribution in [2.75, 3.05) is 19.8 Å². The Morgan fingerprint density at radius 2 is 2.06 bits per heavy atom. The Balaban J connectivity index is 3.66. The van der Waals surface area contributed by atoms with E-state index in [1.165, 1.54) is 13.8 Å². The number of hydrogen-bond donors (Lipinski definition) is 3. The minimum atomic E-state index is -1.28. The van der Waals surface area contributed by atoms with Crippen LogP contribution in [0, 0.1) is 0 Å². The van der Waals surface area contributed by atoms with Gasteiger partial charge in [0.1, 0.15) is 5.54 Å². The third kappa shape index (κ3) is 7.35. The first kappa shape index (κ1) is 15.4. The highest BCUT2D eigenvalue weighted by atomic mass is 16.5. The highest BCUT2D eigenvalue weighted by molar-refractivity contribution is 5.85. The molecule has 0 aromatic heterocycles. The molecule has 6 heteroatoms. The van der Waals surface area contributed by atoms with Gasteiger partial charge in [0, 0.05) is 6.54 Å². The van der Waals surface area contributed by atoms with Crippen molar-refractivity contribution in [2.45, 2.75) is 25.8 Å². The summed E-state index contributed by atoms with van der Waals surface area (Å²) in [4.78, 5) is 22.0. The fourth-order valence-electron chi connectivity index (χ4n) is 0.887. The van der Waals surface area contributed by atoms with Gasteiger partial charge >= 0.3 is 12.0 Å². The predicted molar refractivity (Wildman–Crippen MR) is 63.9 cm³/mol. The summed E-state index contributed by atoms with van der Waals surface area (Å²) in [5.41, 5.74) is -1.28. The monoisotopic (exact) mass is 244 g/mol. The summed E-state index contributed by atoms with van der Waals surface area (Å²) < 4.78 is 5.17. The van der Waals surface area contributed by atoms with Gasteiger partial charge in [-0.2, -0.15) is 0 Å². The van der Waals surface area contributed by atoms with E-state index in [0.29, 0.717) is 19.8 Å². The third-order valence-corrected chi connectivity index (χ3v) is 1.96. The topological polar surface area (TPSA) is 87.7 Å². The van der Waals surface area contributed by atoms with E-state index < -0.39 is 17.5 Å². The van der Waals surface area contributed by atoms with Crippen LogP contribution in [0.25, 0.3) is 0 Å². The average Bonchev–Trinajstić information content (AvgIpc) is 2.22. The van der Waals surface area contributed by atoms with E-state index in [-0.39, 0.29) is 0 Å². The van der Waals surface area contributed by atoms with Crippen molar-refractivity contribution in [3.63, 3.8) is 0 Å². The lowest BCUT2D eigenvalue weighted by molar-refractivity contribution is -0.142. The first-order valence-corrected chi connectivity index (χ1v) is 5.38. The predicted octanol–water partition coefficient (Wildman–Crippen LogP) is 0.741. The Labute approximate surface area is 101 Å². The van der Waals surface area contributed by atoms with Gasteiger partial charge in [-0.25, -0.2) is 9.59 Å². The van der Waals surface area contributed by atoms with Crippen LogP contribution in [-0.4, -0.2) is 42.4 Å². The van der Waals surface area contributed by atoms with Gasteiger partial charge in [-0.3, -0.25) is 0 Å². The van der Waals surface area contributed by atoms with E-state index in [9.17, 15) is 9.59 Å². The van der Waals surface area contributed by atoms with E-state index in [0.717, 1.165) is 6.42 Å². The fourth-order valence-corrected chi connectivity index (χ4v) is 0.887. The number of urea groups is 1. The van der Waals surface area contributed by atoms with Crippen LogP contribution in [-0.2, 0) is 9.53 Å². The van der Waals surface area contributed by atoms with Gasteiger partial charge in [0.05, 0.1) is 13.2 Å². The van der Waals surface area contributed by atoms with Crippen LogP contribution < -0.4 is 10.6 Å². The summed E-state index contributed by atoms with van der Waals surface area (Å²) in [5, 5.41) is 13.6. The number of carbonyl (C=O) groups excluding carboxylic acids is 1. The van der Waals surface area contributed by atoms with Crippen molar-refractivity contribution in [1.29, 1.82) is 0 Å². The molecule has 0 saturated carbocycles. The zero-order valence-corrected chi connectivity index (χ0v) is 10.3. The summed E-state index contributed by atoms with van der Waals surface area (Å²) in [5.74, 6) is -1.09. The molecule has 0 unspecified atom stereocenters. The van der Waals surface area contributed by atoms with E-state index in [2.05, 4.69) is 17.2 Å². The minimum absolute atomic E-state index is 0.332. The van der Waals surface area contributed by atoms with Crippen LogP contribution in [0.5, 0.6) is 0 Å². The molecule has 6 nitrogen and oxygen atoms in total. The first-order chi connectivity index (χ1) is 7.90. The molecule has 0 aromatic rings. The molecule has 0 aromatic carbocycles. The lowest BCUT2D eigenvalue weighted by atomic mass is 10.1. The van der Waals surface area contributed by atoms with E-state index in [4.69, 9.17) is 9.84 Å². The van der Waals surface area contributed by atoms with Gasteiger partial charge in [0.25, 0.3) is 0 Å². The van der Waals surface area contributed by atoms with Gasteiger partial charge in [0.15, 0.2) is 0 Å². The highest BCUT2D eigenvalue weighted by Gasteiger charge is 2.28. The SMILES string of the molecule is C=CCCOCCNC(=O)NC(C)(C)C(=O)O. The first-order valence-electron chi connectivity index (χ1n) is 5.38. The van der Waals surface area contributed by atoms with Crippen molar-refractivity contribution in [3.05, 3.63) is 12.7 Å². The zero-order valence-electron chi connectivity index (χ0n) is 10.3. The third-order valence-electron chi connectivity index (χ3n) is 1.96. The fraction of sp³-hybridized carbons (Fsp3) is 0.636. The summed E-state index contributed by atoms with van der Waals surface area (Å²) in [6, 6.07) is -0.523. The zero-order chi connectivity index (χ0) is 13.3. The average molecular weight is 244 g/mol. The number of ether oxygens (including phenoxy) is 1. The standard InChI is InChI=1S/C11H20N2O4/c1-4-5-7-17-8-6-12-10(16)13-11(2,3)9(14)15/h4H,1,5-8H2,2-3H3,(H,14,15)(H2,12,13,16). The molecule has 0 bridgehead atoms. The second-order valence-electron chi connectivity index (χ2n) is 4.00. The molecule has 3 N–H and O–H groups in total. The molecular formula is C11H20N2O4. The Morgan fingerprint density at radius 1 is 1.41 bits per heavy atom. The summed E-state index contributed by atoms with van der Waals surface area (Å²) in [6.45, 7) is 7.65. The van der Waals surface area contributed by atoms with Crippen molar-refractivity contribution in [1.82, 2.24) is 10.6 Å². The van der Waals surface area contributed by atoms with Crippen molar-refractivity contribution < 1.29 is 19.4 Å². The Morgan fingerprint density at radius 3 is 2.59 bits per heavy atom. The lowest BCUT2D eigenvalue weighted by Crippen LogP contribution is -2.53. The molecule has 0 rings (SSSR count). The number of hydrogen-bond acceptors (Lipinski definition) is 3. The second-order valence-corrected chi connectivity index (χ2v) is 4.00. The maximum absolute atomic E-state index is 11.3. The van der Waals surface area contributed by atoms with E-state index in [1.54, 1.807) is 6.08 Å². The molecule has 0 atom stereocenters. The molecule has 0 radical (unpaired) electrons. The van der Waals surface area contributed by atoms with E-state index >= 15 is 0 Å². The second kappa shape index (κ2) is 7.67. The Hall–Kier alpha value is -1.56. The molecule has 0 aliphatic rings. The summed E-state index contributed by atoms with van der Waals surface area (Å²) in [7, 11) is 0. The molecule has 0 spiro atoms. The molecule has 0 fully saturated rings. The smallest absolute Gasteiger partial charge is 0.328 e. The highest BCUT2D eigenvalue weighted by Crippen LogP contribution is 2.00. The number of aliphatic carboxylic acids is 1. The molecule has 17 heavy (non-hydrogen) atoms. The molecular weight excluding hydrogens is 224 g/mol. The molecule has 0 heterocycles. The quantitative estimate of drug-likeness (QED) is 0.434. The van der Waals surface area contributed by atoms with Crippen LogP contribution in [0.2, 0.25) is 0 Å². The number of carboxylic acid groups (broad SMARTS) is 1. The molecule has 98 valence electrons. The van der Waals surface area contributed by atoms with Gasteiger partial charge in [-0.05, 0) is 20.3 Å². The largest absolute Gasteiger partial charge is 0.480 e. The van der Waals surface area contributed by atoms with E-state index in [1.807, 2.05) is 0 Å². The molecule has 2 amide bonds. The Bertz CT molecular complexity index is 277. The number of carbonyl (C=O) groups is 2. The van der Waals surface area contributed by atoms with Crippen LogP contribution in [0.15, 0.2) is 12.7 Å². The van der Waals surface area contributed by atoms with Gasteiger partial charge in [-0.15, -0.1) is 6.58 Å². The van der Waals surface area contributed by atoms with Crippen LogP contribution >= 0.6 is 0 Å². The normalized spacial score (nSPS) is 10.7. The van der Waals surface area contributed by atoms with Crippen LogP contribution in [0.4, 0.5) is 4.79 Å². The maximum Gasteiger partial charge on any atom is 0.328 e. The Kier molecular flexibility index (Phi) is 6.97. The van der Waals surface area contributed by atoms with Crippen molar-refractivity contribution in [3.8, 4) is 0 Å². The summed E-state index contributed by atoms with van der Waals surface area (Å²) in [6.07, 6.45) is 2.51. The lowest BCUT2D eigenvalue weighted by Gasteiger charge is -2.21.